The van der Waals surface area contributed by atoms with Gasteiger partial charge >= 0.3 is 0 Å². The van der Waals surface area contributed by atoms with Crippen LogP contribution >= 0.6 is 23.2 Å². The Morgan fingerprint density at radius 3 is 2.67 bits per heavy atom. The summed E-state index contributed by atoms with van der Waals surface area (Å²) in [5.74, 6) is 0.645. The number of halogens is 2. The van der Waals surface area contributed by atoms with Gasteiger partial charge in [-0.15, -0.1) is 0 Å². The second kappa shape index (κ2) is 7.44. The number of hydrogen-bond donors (Lipinski definition) is 0. The van der Waals surface area contributed by atoms with Crippen molar-refractivity contribution in [3.63, 3.8) is 0 Å². The van der Waals surface area contributed by atoms with Gasteiger partial charge in [0.2, 0.25) is 0 Å². The molecule has 2 heterocycles. The van der Waals surface area contributed by atoms with Crippen molar-refractivity contribution in [1.82, 2.24) is 4.90 Å². The number of carbonyl (C=O) groups is 1. The highest BCUT2D eigenvalue weighted by molar-refractivity contribution is 6.37. The summed E-state index contributed by atoms with van der Waals surface area (Å²) >= 11 is 12.1. The minimum absolute atomic E-state index is 0.0911. The molecule has 4 nitrogen and oxygen atoms in total. The maximum Gasteiger partial charge on any atom is 0.194 e. The van der Waals surface area contributed by atoms with Crippen LogP contribution in [0.15, 0.2) is 36.4 Å². The van der Waals surface area contributed by atoms with Crippen LogP contribution in [0.4, 0.5) is 0 Å². The van der Waals surface area contributed by atoms with E-state index in [0.29, 0.717) is 27.8 Å². The summed E-state index contributed by atoms with van der Waals surface area (Å²) < 4.78 is 11.4. The van der Waals surface area contributed by atoms with Crippen molar-refractivity contribution < 1.29 is 14.3 Å². The monoisotopic (exact) mass is 405 g/mol. The molecule has 2 aromatic rings. The Morgan fingerprint density at radius 1 is 1.15 bits per heavy atom. The third-order valence-corrected chi connectivity index (χ3v) is 5.84. The normalized spacial score (nSPS) is 22.3. The molecule has 1 fully saturated rings. The van der Waals surface area contributed by atoms with Crippen LogP contribution in [0.2, 0.25) is 10.0 Å². The van der Waals surface area contributed by atoms with Crippen LogP contribution in [-0.2, 0) is 10.2 Å². The highest BCUT2D eigenvalue weighted by Crippen LogP contribution is 2.40. The highest BCUT2D eigenvalue weighted by Gasteiger charge is 2.38. The van der Waals surface area contributed by atoms with Crippen LogP contribution in [0, 0.1) is 0 Å². The smallest absolute Gasteiger partial charge is 0.194 e. The van der Waals surface area contributed by atoms with E-state index in [4.69, 9.17) is 32.7 Å². The number of fused-ring (bicyclic) bond motifs is 1. The number of nitrogens with zero attached hydrogens (tertiary/aromatic N) is 1. The molecular formula is C21H21Cl2NO3. The summed E-state index contributed by atoms with van der Waals surface area (Å²) in [4.78, 5) is 15.3. The van der Waals surface area contributed by atoms with Gasteiger partial charge in [0.1, 0.15) is 5.75 Å². The van der Waals surface area contributed by atoms with Gasteiger partial charge in [-0.3, -0.25) is 9.69 Å². The number of morpholine rings is 1. The summed E-state index contributed by atoms with van der Waals surface area (Å²) in [6.45, 7) is 7.18. The van der Waals surface area contributed by atoms with E-state index in [0.717, 1.165) is 44.2 Å². The number of ketones is 1. The van der Waals surface area contributed by atoms with Gasteiger partial charge in [0.15, 0.2) is 5.78 Å². The largest absolute Gasteiger partial charge is 0.492 e. The number of hydrogen-bond acceptors (Lipinski definition) is 4. The van der Waals surface area contributed by atoms with Gasteiger partial charge in [0.05, 0.1) is 24.8 Å². The van der Waals surface area contributed by atoms with Crippen molar-refractivity contribution in [3.8, 4) is 5.75 Å². The zero-order chi connectivity index (χ0) is 19.0. The maximum absolute atomic E-state index is 12.9. The van der Waals surface area contributed by atoms with E-state index in [1.165, 1.54) is 0 Å². The van der Waals surface area contributed by atoms with Crippen LogP contribution in [-0.4, -0.2) is 50.1 Å². The van der Waals surface area contributed by atoms with Crippen molar-refractivity contribution in [2.24, 2.45) is 0 Å². The molecule has 4 rings (SSSR count). The number of benzene rings is 2. The minimum atomic E-state index is -0.134. The maximum atomic E-state index is 12.9. The van der Waals surface area contributed by atoms with Crippen molar-refractivity contribution in [2.45, 2.75) is 12.3 Å². The van der Waals surface area contributed by atoms with Crippen molar-refractivity contribution >= 4 is 29.0 Å². The third-order valence-electron chi connectivity index (χ3n) is 5.29. The molecule has 6 heteroatoms. The van der Waals surface area contributed by atoms with Gasteiger partial charge in [-0.05, 0) is 24.3 Å². The number of rotatable bonds is 4. The molecule has 0 aliphatic carbocycles. The van der Waals surface area contributed by atoms with Gasteiger partial charge in [-0.25, -0.2) is 0 Å². The molecule has 0 radical (unpaired) electrons. The quantitative estimate of drug-likeness (QED) is 0.714. The predicted molar refractivity (Wildman–Crippen MR) is 106 cm³/mol. The second-order valence-electron chi connectivity index (χ2n) is 7.40. The van der Waals surface area contributed by atoms with Gasteiger partial charge in [0, 0.05) is 46.8 Å². The van der Waals surface area contributed by atoms with Crippen LogP contribution in [0.5, 0.6) is 5.75 Å². The Bertz CT molecular complexity index is 880. The lowest BCUT2D eigenvalue weighted by Gasteiger charge is -2.34. The summed E-state index contributed by atoms with van der Waals surface area (Å²) in [5, 5.41) is 0.860. The standard InChI is InChI=1S/C21H21Cl2NO3/c1-21(12-24-6-8-26-9-7-24)13-27-19-10-14(2-5-17(19)21)20(25)16-4-3-15(22)11-18(16)23/h2-5,10-11H,6-9,12-13H2,1H3. The first-order valence-electron chi connectivity index (χ1n) is 9.03. The topological polar surface area (TPSA) is 38.8 Å². The van der Waals surface area contributed by atoms with E-state index in [2.05, 4.69) is 11.8 Å². The third kappa shape index (κ3) is 3.72. The molecule has 0 N–H and O–H groups in total. The average Bonchev–Trinajstić information content (AvgIpc) is 2.98. The van der Waals surface area contributed by atoms with Crippen molar-refractivity contribution in [3.05, 3.63) is 63.1 Å². The molecule has 1 unspecified atom stereocenters. The molecule has 2 aliphatic rings. The molecule has 2 aliphatic heterocycles. The molecule has 0 saturated carbocycles. The fourth-order valence-corrected chi connectivity index (χ4v) is 4.30. The summed E-state index contributed by atoms with van der Waals surface area (Å²) in [7, 11) is 0. The summed E-state index contributed by atoms with van der Waals surface area (Å²) in [5.41, 5.74) is 2.06. The van der Waals surface area contributed by atoms with Crippen molar-refractivity contribution in [1.29, 1.82) is 0 Å². The Hall–Kier alpha value is -1.59. The molecular weight excluding hydrogens is 385 g/mol. The van der Waals surface area contributed by atoms with Crippen LogP contribution < -0.4 is 4.74 Å². The summed E-state index contributed by atoms with van der Waals surface area (Å²) in [6, 6.07) is 10.6. The first-order chi connectivity index (χ1) is 13.0. The lowest BCUT2D eigenvalue weighted by molar-refractivity contribution is 0.0263. The molecule has 1 atom stereocenters. The van der Waals surface area contributed by atoms with E-state index >= 15 is 0 Å². The average molecular weight is 406 g/mol. The summed E-state index contributed by atoms with van der Waals surface area (Å²) in [6.07, 6.45) is 0. The lowest BCUT2D eigenvalue weighted by atomic mass is 9.83. The highest BCUT2D eigenvalue weighted by atomic mass is 35.5. The van der Waals surface area contributed by atoms with Gasteiger partial charge < -0.3 is 9.47 Å². The predicted octanol–water partition coefficient (Wildman–Crippen LogP) is 4.21. The van der Waals surface area contributed by atoms with Crippen LogP contribution in [0.3, 0.4) is 0 Å². The molecule has 1 saturated heterocycles. The number of carbonyl (C=O) groups excluding carboxylic acids is 1. The van der Waals surface area contributed by atoms with E-state index in [1.807, 2.05) is 18.2 Å². The van der Waals surface area contributed by atoms with Gasteiger partial charge in [0.25, 0.3) is 0 Å². The minimum Gasteiger partial charge on any atom is -0.492 e. The molecule has 27 heavy (non-hydrogen) atoms. The fourth-order valence-electron chi connectivity index (χ4n) is 3.81. The zero-order valence-corrected chi connectivity index (χ0v) is 16.6. The first kappa shape index (κ1) is 18.8. The number of ether oxygens (including phenoxy) is 2. The van der Waals surface area contributed by atoms with E-state index < -0.39 is 0 Å². The Kier molecular flexibility index (Phi) is 5.17. The van der Waals surface area contributed by atoms with Crippen LogP contribution in [0.25, 0.3) is 0 Å². The Labute approximate surface area is 169 Å². The molecule has 142 valence electrons. The molecule has 2 aromatic carbocycles. The molecule has 0 bridgehead atoms. The van der Waals surface area contributed by atoms with E-state index in [9.17, 15) is 4.79 Å². The first-order valence-corrected chi connectivity index (χ1v) is 9.79. The molecule has 0 amide bonds. The van der Waals surface area contributed by atoms with Crippen molar-refractivity contribution in [2.75, 3.05) is 39.5 Å². The van der Waals surface area contributed by atoms with E-state index in [1.54, 1.807) is 18.2 Å². The van der Waals surface area contributed by atoms with Gasteiger partial charge in [-0.2, -0.15) is 0 Å². The fraction of sp³-hybridized carbons (Fsp3) is 0.381. The Balaban J connectivity index is 1.58. The lowest BCUT2D eigenvalue weighted by Crippen LogP contribution is -2.45. The second-order valence-corrected chi connectivity index (χ2v) is 8.25. The molecule has 0 spiro atoms. The SMILES string of the molecule is CC1(CN2CCOCC2)COc2cc(C(=O)c3ccc(Cl)cc3Cl)ccc21. The zero-order valence-electron chi connectivity index (χ0n) is 15.1. The van der Waals surface area contributed by atoms with Crippen LogP contribution in [0.1, 0.15) is 28.4 Å². The van der Waals surface area contributed by atoms with Gasteiger partial charge in [-0.1, -0.05) is 42.3 Å². The van der Waals surface area contributed by atoms with E-state index in [-0.39, 0.29) is 11.2 Å². The molecule has 0 aromatic heterocycles. The Morgan fingerprint density at radius 2 is 1.93 bits per heavy atom.